The van der Waals surface area contributed by atoms with Gasteiger partial charge in [0.25, 0.3) is 17.2 Å². The van der Waals surface area contributed by atoms with Crippen LogP contribution >= 0.6 is 0 Å². The fourth-order valence-electron chi connectivity index (χ4n) is 3.04. The first kappa shape index (κ1) is 15.4. The van der Waals surface area contributed by atoms with Crippen molar-refractivity contribution >= 4 is 17.4 Å². The molecule has 1 N–H and O–H groups in total. The Hall–Kier alpha value is -3.16. The van der Waals surface area contributed by atoms with Crippen LogP contribution in [-0.4, -0.2) is 56.6 Å². The molecular formula is C17H18N6O2. The van der Waals surface area contributed by atoms with E-state index in [1.165, 1.54) is 10.6 Å². The molecule has 8 nitrogen and oxygen atoms in total. The number of carbonyl (C=O) groups excluding carboxylic acids is 1. The molecule has 1 aromatic carbocycles. The summed E-state index contributed by atoms with van der Waals surface area (Å²) in [7, 11) is 0. The van der Waals surface area contributed by atoms with E-state index in [2.05, 4.69) is 32.1 Å². The number of nitrogens with one attached hydrogen (secondary N) is 1. The Morgan fingerprint density at radius 2 is 1.80 bits per heavy atom. The summed E-state index contributed by atoms with van der Waals surface area (Å²) in [6.07, 6.45) is 0. The number of benzene rings is 1. The monoisotopic (exact) mass is 338 g/mol. The zero-order valence-corrected chi connectivity index (χ0v) is 13.8. The Morgan fingerprint density at radius 3 is 2.52 bits per heavy atom. The fourth-order valence-corrected chi connectivity index (χ4v) is 3.04. The van der Waals surface area contributed by atoms with Crippen LogP contribution in [0.5, 0.6) is 0 Å². The standard InChI is InChI=1S/C17H18N6O2/c1-12-11-14(24)23-17(18-12)19-15(20-23)16(25)22-9-7-21(8-10-22)13-5-3-2-4-6-13/h2-6,11H,7-10H2,1H3,(H,18,19,20). The lowest BCUT2D eigenvalue weighted by molar-refractivity contribution is 0.0734. The molecule has 8 heteroatoms. The highest BCUT2D eigenvalue weighted by atomic mass is 16.2. The largest absolute Gasteiger partial charge is 0.368 e. The van der Waals surface area contributed by atoms with E-state index in [0.717, 1.165) is 18.8 Å². The Kier molecular flexibility index (Phi) is 3.72. The SMILES string of the molecule is Cc1cc(=O)n2[nH]c(C(=O)N3CCN(c4ccccc4)CC3)nc2n1. The molecule has 3 heterocycles. The van der Waals surface area contributed by atoms with Crippen LogP contribution in [0.15, 0.2) is 41.2 Å². The molecule has 0 atom stereocenters. The van der Waals surface area contributed by atoms with Crippen LogP contribution in [0.25, 0.3) is 5.78 Å². The Labute approximate surface area is 143 Å². The van der Waals surface area contributed by atoms with Crippen LogP contribution in [0, 0.1) is 6.92 Å². The van der Waals surface area contributed by atoms with Crippen molar-refractivity contribution in [2.24, 2.45) is 0 Å². The minimum atomic E-state index is -0.275. The topological polar surface area (TPSA) is 86.6 Å². The fraction of sp³-hybridized carbons (Fsp3) is 0.294. The second kappa shape index (κ2) is 6.04. The molecule has 2 aromatic heterocycles. The number of carbonyl (C=O) groups is 1. The third-order valence-electron chi connectivity index (χ3n) is 4.35. The minimum absolute atomic E-state index is 0.142. The maximum Gasteiger partial charge on any atom is 0.291 e. The molecule has 3 aromatic rings. The molecule has 1 amide bonds. The van der Waals surface area contributed by atoms with Crippen molar-refractivity contribution in [3.05, 3.63) is 58.3 Å². The van der Waals surface area contributed by atoms with Gasteiger partial charge in [0.15, 0.2) is 0 Å². The van der Waals surface area contributed by atoms with E-state index in [4.69, 9.17) is 0 Å². The molecule has 0 bridgehead atoms. The van der Waals surface area contributed by atoms with Gasteiger partial charge in [-0.2, -0.15) is 9.50 Å². The van der Waals surface area contributed by atoms with E-state index in [1.807, 2.05) is 18.2 Å². The third kappa shape index (κ3) is 2.86. The molecule has 0 unspecified atom stereocenters. The van der Waals surface area contributed by atoms with E-state index in [-0.39, 0.29) is 23.1 Å². The number of amides is 1. The molecular weight excluding hydrogens is 320 g/mol. The Balaban J connectivity index is 1.51. The van der Waals surface area contributed by atoms with Gasteiger partial charge in [0, 0.05) is 43.6 Å². The lowest BCUT2D eigenvalue weighted by Crippen LogP contribution is -2.49. The summed E-state index contributed by atoms with van der Waals surface area (Å²) in [5, 5.41) is 2.76. The van der Waals surface area contributed by atoms with Gasteiger partial charge in [-0.3, -0.25) is 14.7 Å². The molecule has 0 spiro atoms. The van der Waals surface area contributed by atoms with Gasteiger partial charge in [-0.15, -0.1) is 0 Å². The first-order chi connectivity index (χ1) is 12.1. The molecule has 1 saturated heterocycles. The number of rotatable bonds is 2. The van der Waals surface area contributed by atoms with Crippen LogP contribution in [0.3, 0.4) is 0 Å². The summed E-state index contributed by atoms with van der Waals surface area (Å²) in [5.41, 5.74) is 1.46. The van der Waals surface area contributed by atoms with Crippen LogP contribution < -0.4 is 10.5 Å². The summed E-state index contributed by atoms with van der Waals surface area (Å²) in [4.78, 5) is 37.0. The number of aromatic nitrogens is 4. The predicted molar refractivity (Wildman–Crippen MR) is 92.9 cm³/mol. The summed E-state index contributed by atoms with van der Waals surface area (Å²) in [6, 6.07) is 11.5. The van der Waals surface area contributed by atoms with Gasteiger partial charge in [0.05, 0.1) is 0 Å². The summed E-state index contributed by atoms with van der Waals surface area (Å²) < 4.78 is 1.19. The number of nitrogens with zero attached hydrogens (tertiary/aromatic N) is 5. The molecule has 1 aliphatic heterocycles. The summed E-state index contributed by atoms with van der Waals surface area (Å²) >= 11 is 0. The van der Waals surface area contributed by atoms with Crippen molar-refractivity contribution in [3.8, 4) is 0 Å². The van der Waals surface area contributed by atoms with Gasteiger partial charge in [-0.1, -0.05) is 18.2 Å². The van der Waals surface area contributed by atoms with Crippen molar-refractivity contribution in [2.75, 3.05) is 31.1 Å². The normalized spacial score (nSPS) is 14.9. The number of aryl methyl sites for hydroxylation is 1. The quantitative estimate of drug-likeness (QED) is 0.743. The lowest BCUT2D eigenvalue weighted by atomic mass is 10.2. The van der Waals surface area contributed by atoms with E-state index in [1.54, 1.807) is 11.8 Å². The van der Waals surface area contributed by atoms with Crippen LogP contribution in [0.4, 0.5) is 5.69 Å². The highest BCUT2D eigenvalue weighted by Crippen LogP contribution is 2.16. The van der Waals surface area contributed by atoms with Gasteiger partial charge in [-0.25, -0.2) is 4.98 Å². The van der Waals surface area contributed by atoms with Gasteiger partial charge in [-0.05, 0) is 19.1 Å². The molecule has 25 heavy (non-hydrogen) atoms. The second-order valence-electron chi connectivity index (χ2n) is 6.06. The molecule has 1 fully saturated rings. The van der Waals surface area contributed by atoms with Crippen molar-refractivity contribution in [1.29, 1.82) is 0 Å². The number of anilines is 1. The molecule has 128 valence electrons. The van der Waals surface area contributed by atoms with E-state index < -0.39 is 0 Å². The smallest absolute Gasteiger partial charge is 0.291 e. The Bertz CT molecular complexity index is 970. The predicted octanol–water partition coefficient (Wildman–Crippen LogP) is 0.688. The maximum atomic E-state index is 12.7. The lowest BCUT2D eigenvalue weighted by Gasteiger charge is -2.35. The summed E-state index contributed by atoms with van der Waals surface area (Å²) in [6.45, 7) is 4.44. The number of hydrogen-bond acceptors (Lipinski definition) is 5. The molecule has 0 saturated carbocycles. The van der Waals surface area contributed by atoms with Gasteiger partial charge in [0.1, 0.15) is 0 Å². The van der Waals surface area contributed by atoms with Crippen LogP contribution in [0.2, 0.25) is 0 Å². The second-order valence-corrected chi connectivity index (χ2v) is 6.06. The highest BCUT2D eigenvalue weighted by molar-refractivity contribution is 5.91. The van der Waals surface area contributed by atoms with E-state index >= 15 is 0 Å². The molecule has 1 aliphatic rings. The maximum absolute atomic E-state index is 12.7. The summed E-state index contributed by atoms with van der Waals surface area (Å²) in [5.74, 6) is 0.148. The van der Waals surface area contributed by atoms with Gasteiger partial charge >= 0.3 is 0 Å². The van der Waals surface area contributed by atoms with Crippen molar-refractivity contribution in [1.82, 2.24) is 24.5 Å². The molecule has 0 aliphatic carbocycles. The van der Waals surface area contributed by atoms with Crippen LogP contribution in [0.1, 0.15) is 16.3 Å². The average Bonchev–Trinajstić information content (AvgIpc) is 3.06. The first-order valence-electron chi connectivity index (χ1n) is 8.17. The first-order valence-corrected chi connectivity index (χ1v) is 8.17. The third-order valence-corrected chi connectivity index (χ3v) is 4.35. The number of H-pyrrole nitrogens is 1. The highest BCUT2D eigenvalue weighted by Gasteiger charge is 2.25. The minimum Gasteiger partial charge on any atom is -0.368 e. The van der Waals surface area contributed by atoms with E-state index in [9.17, 15) is 9.59 Å². The zero-order chi connectivity index (χ0) is 17.4. The van der Waals surface area contributed by atoms with E-state index in [0.29, 0.717) is 18.8 Å². The van der Waals surface area contributed by atoms with Crippen molar-refractivity contribution in [2.45, 2.75) is 6.92 Å². The van der Waals surface area contributed by atoms with Crippen molar-refractivity contribution in [3.63, 3.8) is 0 Å². The number of aromatic amines is 1. The van der Waals surface area contributed by atoms with Gasteiger partial charge < -0.3 is 9.80 Å². The number of piperazine rings is 1. The molecule has 0 radical (unpaired) electrons. The van der Waals surface area contributed by atoms with Crippen molar-refractivity contribution < 1.29 is 4.79 Å². The number of hydrogen-bond donors (Lipinski definition) is 1. The van der Waals surface area contributed by atoms with Crippen LogP contribution in [-0.2, 0) is 0 Å². The number of fused-ring (bicyclic) bond motifs is 1. The zero-order valence-electron chi connectivity index (χ0n) is 13.8. The Morgan fingerprint density at radius 1 is 1.08 bits per heavy atom. The van der Waals surface area contributed by atoms with Gasteiger partial charge in [0.2, 0.25) is 5.82 Å². The molecule has 4 rings (SSSR count). The number of para-hydroxylation sites is 1. The average molecular weight is 338 g/mol.